The number of carbonyl (C=O) groups is 1. The van der Waals surface area contributed by atoms with Gasteiger partial charge in [0.2, 0.25) is 5.91 Å². The third-order valence-electron chi connectivity index (χ3n) is 5.08. The Morgan fingerprint density at radius 2 is 2.05 bits per heavy atom. The molecule has 0 aromatic carbocycles. The number of likely N-dealkylation sites (N-methyl/N-ethyl adjacent to an activating group) is 1. The molecule has 0 unspecified atom stereocenters. The maximum atomic E-state index is 12.6. The minimum Gasteiger partial charge on any atom is -0.381 e. The van der Waals surface area contributed by atoms with Gasteiger partial charge in [0.15, 0.2) is 0 Å². The Morgan fingerprint density at radius 3 is 2.73 bits per heavy atom. The number of carbonyl (C=O) groups excluding carboxylic acids is 1. The summed E-state index contributed by atoms with van der Waals surface area (Å²) in [5.41, 5.74) is 0. The van der Waals surface area contributed by atoms with Gasteiger partial charge >= 0.3 is 0 Å². The molecule has 0 spiro atoms. The van der Waals surface area contributed by atoms with E-state index in [1.807, 2.05) is 0 Å². The van der Waals surface area contributed by atoms with E-state index < -0.39 is 0 Å². The fraction of sp³-hybridized carbons (Fsp3) is 0.941. The van der Waals surface area contributed by atoms with Crippen molar-refractivity contribution in [2.45, 2.75) is 38.2 Å². The molecule has 2 saturated heterocycles. The summed E-state index contributed by atoms with van der Waals surface area (Å²) in [6.07, 6.45) is 5.51. The third kappa shape index (κ3) is 4.93. The van der Waals surface area contributed by atoms with Gasteiger partial charge in [-0.15, -0.1) is 0 Å². The lowest BCUT2D eigenvalue weighted by Gasteiger charge is -2.34. The molecule has 2 atom stereocenters. The molecule has 2 heterocycles. The van der Waals surface area contributed by atoms with Gasteiger partial charge in [0.1, 0.15) is 0 Å². The Balaban J connectivity index is 1.47. The van der Waals surface area contributed by atoms with Gasteiger partial charge in [0.05, 0.1) is 12.7 Å². The van der Waals surface area contributed by atoms with Crippen LogP contribution in [-0.2, 0) is 14.3 Å². The van der Waals surface area contributed by atoms with E-state index >= 15 is 0 Å². The summed E-state index contributed by atoms with van der Waals surface area (Å²) in [6, 6.07) is 0. The minimum atomic E-state index is 0.177. The van der Waals surface area contributed by atoms with Gasteiger partial charge in [-0.1, -0.05) is 0 Å². The van der Waals surface area contributed by atoms with Crippen molar-refractivity contribution in [3.63, 3.8) is 0 Å². The zero-order valence-corrected chi connectivity index (χ0v) is 13.8. The summed E-state index contributed by atoms with van der Waals surface area (Å²) < 4.78 is 11.3. The summed E-state index contributed by atoms with van der Waals surface area (Å²) in [4.78, 5) is 17.0. The third-order valence-corrected chi connectivity index (χ3v) is 5.08. The number of nitrogens with zero attached hydrogens (tertiary/aromatic N) is 2. The molecule has 2 aliphatic heterocycles. The molecule has 22 heavy (non-hydrogen) atoms. The summed E-state index contributed by atoms with van der Waals surface area (Å²) in [7, 11) is 2.13. The smallest absolute Gasteiger partial charge is 0.222 e. The number of rotatable bonds is 7. The van der Waals surface area contributed by atoms with Gasteiger partial charge in [-0.05, 0) is 44.6 Å². The molecule has 1 saturated carbocycles. The molecule has 0 radical (unpaired) electrons. The summed E-state index contributed by atoms with van der Waals surface area (Å²) in [6.45, 7) is 6.12. The average Bonchev–Trinajstić information content (AvgIpc) is 3.16. The number of morpholine rings is 1. The molecule has 0 aromatic heterocycles. The van der Waals surface area contributed by atoms with Crippen molar-refractivity contribution < 1.29 is 14.3 Å². The predicted molar refractivity (Wildman–Crippen MR) is 84.7 cm³/mol. The number of hydrogen-bond acceptors (Lipinski definition) is 4. The van der Waals surface area contributed by atoms with Crippen molar-refractivity contribution in [3.05, 3.63) is 0 Å². The van der Waals surface area contributed by atoms with Crippen molar-refractivity contribution in [3.8, 4) is 0 Å². The topological polar surface area (TPSA) is 42.0 Å². The molecule has 0 N–H and O–H groups in total. The standard InChI is InChI=1S/C17H30N2O3/c1-18-7-9-22-16(11-18)12-19(10-14-2-3-14)17(20)5-4-15-6-8-21-13-15/h14-16H,2-13H2,1H3/t15-,16+/m1/s1. The van der Waals surface area contributed by atoms with Crippen LogP contribution in [0.4, 0.5) is 0 Å². The molecule has 1 aliphatic carbocycles. The Bertz CT molecular complexity index is 367. The van der Waals surface area contributed by atoms with Crippen LogP contribution in [0.25, 0.3) is 0 Å². The SMILES string of the molecule is CN1CCO[C@H](CN(CC2CC2)C(=O)CC[C@@H]2CCOC2)C1. The fourth-order valence-electron chi connectivity index (χ4n) is 3.41. The molecule has 3 fully saturated rings. The first-order valence-electron chi connectivity index (χ1n) is 8.86. The first kappa shape index (κ1) is 16.2. The van der Waals surface area contributed by atoms with E-state index in [1.54, 1.807) is 0 Å². The van der Waals surface area contributed by atoms with E-state index in [0.29, 0.717) is 18.2 Å². The molecule has 5 heteroatoms. The lowest BCUT2D eigenvalue weighted by atomic mass is 10.0. The van der Waals surface area contributed by atoms with E-state index in [2.05, 4.69) is 16.8 Å². The molecule has 3 aliphatic rings. The van der Waals surface area contributed by atoms with Crippen LogP contribution in [0.2, 0.25) is 0 Å². The van der Waals surface area contributed by atoms with Crippen LogP contribution in [0, 0.1) is 11.8 Å². The number of hydrogen-bond donors (Lipinski definition) is 0. The van der Waals surface area contributed by atoms with Crippen LogP contribution < -0.4 is 0 Å². The van der Waals surface area contributed by atoms with Crippen LogP contribution >= 0.6 is 0 Å². The monoisotopic (exact) mass is 310 g/mol. The van der Waals surface area contributed by atoms with Gasteiger partial charge in [0.25, 0.3) is 0 Å². The summed E-state index contributed by atoms with van der Waals surface area (Å²) in [5, 5.41) is 0. The maximum absolute atomic E-state index is 12.6. The van der Waals surface area contributed by atoms with Gasteiger partial charge in [-0.2, -0.15) is 0 Å². The van der Waals surface area contributed by atoms with Gasteiger partial charge in [0, 0.05) is 45.8 Å². The first-order valence-corrected chi connectivity index (χ1v) is 8.86. The highest BCUT2D eigenvalue weighted by Crippen LogP contribution is 2.30. The fourth-order valence-corrected chi connectivity index (χ4v) is 3.41. The van der Waals surface area contributed by atoms with E-state index in [0.717, 1.165) is 64.8 Å². The highest BCUT2D eigenvalue weighted by Gasteiger charge is 2.30. The largest absolute Gasteiger partial charge is 0.381 e. The van der Waals surface area contributed by atoms with Crippen molar-refractivity contribution >= 4 is 5.91 Å². The summed E-state index contributed by atoms with van der Waals surface area (Å²) in [5.74, 6) is 1.64. The van der Waals surface area contributed by atoms with E-state index in [4.69, 9.17) is 9.47 Å². The van der Waals surface area contributed by atoms with Crippen molar-refractivity contribution in [1.82, 2.24) is 9.80 Å². The van der Waals surface area contributed by atoms with Gasteiger partial charge < -0.3 is 19.3 Å². The molecular weight excluding hydrogens is 280 g/mol. The van der Waals surface area contributed by atoms with Gasteiger partial charge in [-0.3, -0.25) is 4.79 Å². The Morgan fingerprint density at radius 1 is 1.18 bits per heavy atom. The minimum absolute atomic E-state index is 0.177. The second-order valence-corrected chi connectivity index (χ2v) is 7.27. The Hall–Kier alpha value is -0.650. The predicted octanol–water partition coefficient (Wildman–Crippen LogP) is 1.37. The molecule has 126 valence electrons. The quantitative estimate of drug-likeness (QED) is 0.712. The number of amides is 1. The highest BCUT2D eigenvalue weighted by molar-refractivity contribution is 5.76. The van der Waals surface area contributed by atoms with Gasteiger partial charge in [-0.25, -0.2) is 0 Å². The normalized spacial score (nSPS) is 29.7. The van der Waals surface area contributed by atoms with Crippen molar-refractivity contribution in [2.75, 3.05) is 53.0 Å². The van der Waals surface area contributed by atoms with Crippen LogP contribution in [0.15, 0.2) is 0 Å². The molecule has 1 amide bonds. The maximum Gasteiger partial charge on any atom is 0.222 e. The van der Waals surface area contributed by atoms with Crippen LogP contribution in [0.1, 0.15) is 32.1 Å². The Labute approximate surface area is 133 Å². The first-order chi connectivity index (χ1) is 10.7. The van der Waals surface area contributed by atoms with E-state index in [1.165, 1.54) is 12.8 Å². The highest BCUT2D eigenvalue weighted by atomic mass is 16.5. The van der Waals surface area contributed by atoms with Crippen LogP contribution in [-0.4, -0.2) is 74.9 Å². The summed E-state index contributed by atoms with van der Waals surface area (Å²) >= 11 is 0. The van der Waals surface area contributed by atoms with Crippen molar-refractivity contribution in [1.29, 1.82) is 0 Å². The Kier molecular flexibility index (Phi) is 5.71. The van der Waals surface area contributed by atoms with Crippen molar-refractivity contribution in [2.24, 2.45) is 11.8 Å². The molecule has 0 aromatic rings. The zero-order valence-electron chi connectivity index (χ0n) is 13.8. The molecule has 5 nitrogen and oxygen atoms in total. The average molecular weight is 310 g/mol. The van der Waals surface area contributed by atoms with Crippen LogP contribution in [0.3, 0.4) is 0 Å². The van der Waals surface area contributed by atoms with E-state index in [9.17, 15) is 4.79 Å². The molecular formula is C17H30N2O3. The lowest BCUT2D eigenvalue weighted by Crippen LogP contribution is -2.48. The molecule has 0 bridgehead atoms. The lowest BCUT2D eigenvalue weighted by molar-refractivity contribution is -0.135. The number of ether oxygens (including phenoxy) is 2. The molecule has 3 rings (SSSR count). The second kappa shape index (κ2) is 7.75. The van der Waals surface area contributed by atoms with Crippen LogP contribution in [0.5, 0.6) is 0 Å². The second-order valence-electron chi connectivity index (χ2n) is 7.27. The van der Waals surface area contributed by atoms with E-state index in [-0.39, 0.29) is 6.10 Å². The zero-order chi connectivity index (χ0) is 15.4.